The first-order chi connectivity index (χ1) is 14.6. The lowest BCUT2D eigenvalue weighted by Crippen LogP contribution is -2.49. The van der Waals surface area contributed by atoms with Gasteiger partial charge in [0.05, 0.1) is 0 Å². The third kappa shape index (κ3) is 6.41. The van der Waals surface area contributed by atoms with Crippen LogP contribution < -0.4 is 15.5 Å². The zero-order chi connectivity index (χ0) is 22.6. The van der Waals surface area contributed by atoms with Crippen LogP contribution >= 0.6 is 0 Å². The van der Waals surface area contributed by atoms with E-state index in [1.165, 1.54) is 6.07 Å². The van der Waals surface area contributed by atoms with E-state index in [0.29, 0.717) is 25.2 Å². The molecule has 0 aromatic heterocycles. The van der Waals surface area contributed by atoms with Gasteiger partial charge in [0.2, 0.25) is 5.91 Å². The molecule has 1 aliphatic heterocycles. The molecule has 0 radical (unpaired) electrons. The van der Waals surface area contributed by atoms with Crippen LogP contribution in [0.5, 0.6) is 0 Å². The van der Waals surface area contributed by atoms with Crippen molar-refractivity contribution in [3.05, 3.63) is 54.1 Å². The third-order valence-corrected chi connectivity index (χ3v) is 4.98. The molecule has 3 amide bonds. The summed E-state index contributed by atoms with van der Waals surface area (Å²) in [5.74, 6) is -1.80. The first-order valence-electron chi connectivity index (χ1n) is 10.3. The Morgan fingerprint density at radius 3 is 2.03 bits per heavy atom. The first kappa shape index (κ1) is 22.5. The summed E-state index contributed by atoms with van der Waals surface area (Å²) in [6, 6.07) is 9.96. The largest absolute Gasteiger partial charge is 0.368 e. The Hall–Kier alpha value is -3.16. The smallest absolute Gasteiger partial charge is 0.323 e. The van der Waals surface area contributed by atoms with E-state index in [1.807, 2.05) is 17.0 Å². The molecule has 0 unspecified atom stereocenters. The number of anilines is 3. The van der Waals surface area contributed by atoms with Crippen molar-refractivity contribution in [2.45, 2.75) is 27.2 Å². The second kappa shape index (κ2) is 9.32. The maximum atomic E-state index is 13.2. The average Bonchev–Trinajstić information content (AvgIpc) is 2.70. The third-order valence-electron chi connectivity index (χ3n) is 4.98. The summed E-state index contributed by atoms with van der Waals surface area (Å²) in [4.78, 5) is 28.6. The highest BCUT2D eigenvalue weighted by Crippen LogP contribution is 2.23. The number of amides is 3. The molecule has 2 aromatic carbocycles. The van der Waals surface area contributed by atoms with E-state index in [0.717, 1.165) is 30.9 Å². The molecule has 0 bridgehead atoms. The predicted octanol–water partition coefficient (Wildman–Crippen LogP) is 4.69. The Morgan fingerprint density at radius 2 is 1.45 bits per heavy atom. The molecule has 0 aliphatic carbocycles. The zero-order valence-electron chi connectivity index (χ0n) is 18.0. The Morgan fingerprint density at radius 1 is 0.871 bits per heavy atom. The Labute approximate surface area is 181 Å². The second-order valence-electron chi connectivity index (χ2n) is 8.86. The van der Waals surface area contributed by atoms with Crippen LogP contribution in [0.1, 0.15) is 27.2 Å². The number of nitrogens with zero attached hydrogens (tertiary/aromatic N) is 2. The van der Waals surface area contributed by atoms with Crippen molar-refractivity contribution in [2.24, 2.45) is 5.41 Å². The van der Waals surface area contributed by atoms with Crippen LogP contribution in [0.25, 0.3) is 0 Å². The Kier molecular flexibility index (Phi) is 6.77. The van der Waals surface area contributed by atoms with Crippen molar-refractivity contribution in [1.29, 1.82) is 0 Å². The van der Waals surface area contributed by atoms with E-state index in [4.69, 9.17) is 0 Å². The van der Waals surface area contributed by atoms with Gasteiger partial charge < -0.3 is 20.4 Å². The van der Waals surface area contributed by atoms with Gasteiger partial charge in [0, 0.05) is 55.7 Å². The average molecular weight is 430 g/mol. The molecule has 3 rings (SSSR count). The normalized spacial score (nSPS) is 14.4. The SMILES string of the molecule is CC(C)(C)CC(=O)N1CCN(c2ccc(NC(=O)Nc3ccc(F)c(F)c3)cc2)CC1. The summed E-state index contributed by atoms with van der Waals surface area (Å²) in [5, 5.41) is 5.12. The van der Waals surface area contributed by atoms with Gasteiger partial charge in [0.25, 0.3) is 0 Å². The van der Waals surface area contributed by atoms with E-state index < -0.39 is 17.7 Å². The van der Waals surface area contributed by atoms with E-state index in [2.05, 4.69) is 36.3 Å². The molecule has 1 aliphatic rings. The van der Waals surface area contributed by atoms with Crippen LogP contribution in [0.15, 0.2) is 42.5 Å². The highest BCUT2D eigenvalue weighted by atomic mass is 19.2. The summed E-state index contributed by atoms with van der Waals surface area (Å²) >= 11 is 0. The fourth-order valence-corrected chi connectivity index (χ4v) is 3.40. The van der Waals surface area contributed by atoms with Gasteiger partial charge >= 0.3 is 6.03 Å². The van der Waals surface area contributed by atoms with Gasteiger partial charge in [-0.05, 0) is 41.8 Å². The van der Waals surface area contributed by atoms with Crippen LogP contribution in [-0.4, -0.2) is 43.0 Å². The standard InChI is InChI=1S/C23H28F2N4O2/c1-23(2,3)15-21(30)29-12-10-28(11-13-29)18-7-4-16(5-8-18)26-22(31)27-17-6-9-19(24)20(25)14-17/h4-9,14H,10-13,15H2,1-3H3,(H2,26,27,31). The molecule has 1 saturated heterocycles. The number of hydrogen-bond acceptors (Lipinski definition) is 3. The minimum atomic E-state index is -1.03. The molecule has 1 fully saturated rings. The molecule has 1 heterocycles. The molecule has 2 aromatic rings. The maximum absolute atomic E-state index is 13.2. The lowest BCUT2D eigenvalue weighted by atomic mass is 9.91. The number of hydrogen-bond donors (Lipinski definition) is 2. The number of rotatable bonds is 4. The number of piperazine rings is 1. The number of benzene rings is 2. The van der Waals surface area contributed by atoms with Crippen LogP contribution in [0, 0.1) is 17.0 Å². The molecule has 8 heteroatoms. The van der Waals surface area contributed by atoms with Gasteiger partial charge in [0.1, 0.15) is 0 Å². The van der Waals surface area contributed by atoms with Crippen molar-refractivity contribution in [1.82, 2.24) is 4.90 Å². The van der Waals surface area contributed by atoms with Crippen LogP contribution in [-0.2, 0) is 4.79 Å². The summed E-state index contributed by atoms with van der Waals surface area (Å²) < 4.78 is 26.2. The molecule has 31 heavy (non-hydrogen) atoms. The molecular formula is C23H28F2N4O2. The van der Waals surface area contributed by atoms with Gasteiger partial charge in [0.15, 0.2) is 11.6 Å². The number of nitrogens with one attached hydrogen (secondary N) is 2. The number of carbonyl (C=O) groups is 2. The topological polar surface area (TPSA) is 64.7 Å². The second-order valence-corrected chi connectivity index (χ2v) is 8.86. The summed E-state index contributed by atoms with van der Waals surface area (Å²) in [6.07, 6.45) is 0.542. The lowest BCUT2D eigenvalue weighted by molar-refractivity contribution is -0.133. The highest BCUT2D eigenvalue weighted by Gasteiger charge is 2.25. The number of carbonyl (C=O) groups excluding carboxylic acids is 2. The molecule has 0 atom stereocenters. The minimum Gasteiger partial charge on any atom is -0.368 e. The highest BCUT2D eigenvalue weighted by molar-refractivity contribution is 5.99. The van der Waals surface area contributed by atoms with Crippen LogP contribution in [0.2, 0.25) is 0 Å². The first-order valence-corrected chi connectivity index (χ1v) is 10.3. The molecule has 6 nitrogen and oxygen atoms in total. The summed E-state index contributed by atoms with van der Waals surface area (Å²) in [6.45, 7) is 9.06. The van der Waals surface area contributed by atoms with E-state index in [-0.39, 0.29) is 17.0 Å². The van der Waals surface area contributed by atoms with Crippen molar-refractivity contribution in [3.8, 4) is 0 Å². The van der Waals surface area contributed by atoms with E-state index >= 15 is 0 Å². The quantitative estimate of drug-likeness (QED) is 0.739. The molecular weight excluding hydrogens is 402 g/mol. The van der Waals surface area contributed by atoms with Crippen molar-refractivity contribution in [2.75, 3.05) is 41.7 Å². The van der Waals surface area contributed by atoms with Gasteiger partial charge in [-0.3, -0.25) is 4.79 Å². The molecule has 166 valence electrons. The van der Waals surface area contributed by atoms with Gasteiger partial charge in [-0.2, -0.15) is 0 Å². The van der Waals surface area contributed by atoms with Crippen molar-refractivity contribution in [3.63, 3.8) is 0 Å². The van der Waals surface area contributed by atoms with E-state index in [1.54, 1.807) is 12.1 Å². The number of urea groups is 1. The maximum Gasteiger partial charge on any atom is 0.323 e. The Bertz CT molecular complexity index is 934. The fourth-order valence-electron chi connectivity index (χ4n) is 3.40. The molecule has 2 N–H and O–H groups in total. The lowest BCUT2D eigenvalue weighted by Gasteiger charge is -2.37. The van der Waals surface area contributed by atoms with E-state index in [9.17, 15) is 18.4 Å². The number of halogens is 2. The monoisotopic (exact) mass is 430 g/mol. The minimum absolute atomic E-state index is 0.0196. The molecule has 0 saturated carbocycles. The van der Waals surface area contributed by atoms with Crippen LogP contribution in [0.3, 0.4) is 0 Å². The fraction of sp³-hybridized carbons (Fsp3) is 0.391. The van der Waals surface area contributed by atoms with Gasteiger partial charge in [-0.25, -0.2) is 13.6 Å². The summed E-state index contributed by atoms with van der Waals surface area (Å²) in [5.41, 5.74) is 1.72. The van der Waals surface area contributed by atoms with Gasteiger partial charge in [-0.15, -0.1) is 0 Å². The molecule has 0 spiro atoms. The van der Waals surface area contributed by atoms with Crippen molar-refractivity contribution < 1.29 is 18.4 Å². The summed E-state index contributed by atoms with van der Waals surface area (Å²) in [7, 11) is 0. The Balaban J connectivity index is 1.50. The van der Waals surface area contributed by atoms with Crippen molar-refractivity contribution >= 4 is 29.0 Å². The zero-order valence-corrected chi connectivity index (χ0v) is 18.0. The van der Waals surface area contributed by atoms with Crippen LogP contribution in [0.4, 0.5) is 30.6 Å². The predicted molar refractivity (Wildman–Crippen MR) is 118 cm³/mol. The van der Waals surface area contributed by atoms with Gasteiger partial charge in [-0.1, -0.05) is 20.8 Å².